The summed E-state index contributed by atoms with van der Waals surface area (Å²) >= 11 is 0. The summed E-state index contributed by atoms with van der Waals surface area (Å²) < 4.78 is 2.15. The lowest BCUT2D eigenvalue weighted by molar-refractivity contribution is -0.121. The summed E-state index contributed by atoms with van der Waals surface area (Å²) in [6.07, 6.45) is 5.78. The Morgan fingerprint density at radius 3 is 2.75 bits per heavy atom. The highest BCUT2D eigenvalue weighted by atomic mass is 16.1. The average Bonchev–Trinajstić information content (AvgIpc) is 2.77. The van der Waals surface area contributed by atoms with Crippen LogP contribution < -0.4 is 4.90 Å². The molecule has 1 aromatic heterocycles. The first kappa shape index (κ1) is 11.2. The van der Waals surface area contributed by atoms with Crippen LogP contribution >= 0.6 is 0 Å². The van der Waals surface area contributed by atoms with E-state index < -0.39 is 0 Å². The predicted molar refractivity (Wildman–Crippen MR) is 63.5 cm³/mol. The summed E-state index contributed by atoms with van der Waals surface area (Å²) in [7, 11) is 0. The molecule has 1 aliphatic rings. The number of hydrogen-bond acceptors (Lipinski definition) is 3. The first-order valence-corrected chi connectivity index (χ1v) is 5.99. The molecule has 0 aliphatic carbocycles. The van der Waals surface area contributed by atoms with Crippen molar-refractivity contribution in [2.75, 3.05) is 18.0 Å². The first-order valence-electron chi connectivity index (χ1n) is 5.99. The number of ketones is 1. The van der Waals surface area contributed by atoms with E-state index >= 15 is 0 Å². The minimum absolute atomic E-state index is 0.265. The lowest BCUT2D eigenvalue weighted by atomic mass is 9.93. The lowest BCUT2D eigenvalue weighted by Crippen LogP contribution is -2.37. The smallest absolute Gasteiger partial charge is 0.205 e. The summed E-state index contributed by atoms with van der Waals surface area (Å²) in [5.74, 6) is 1.64. The van der Waals surface area contributed by atoms with Crippen LogP contribution in [0.15, 0.2) is 12.4 Å². The topological polar surface area (TPSA) is 38.1 Å². The molecule has 2 heterocycles. The molecule has 0 bridgehead atoms. The number of hydrogen-bond donors (Lipinski definition) is 0. The fourth-order valence-electron chi connectivity index (χ4n) is 2.32. The van der Waals surface area contributed by atoms with E-state index in [1.807, 2.05) is 12.4 Å². The number of imidazole rings is 1. The molecule has 1 aliphatic heterocycles. The van der Waals surface area contributed by atoms with Crippen LogP contribution in [0.2, 0.25) is 0 Å². The Hall–Kier alpha value is -1.32. The molecule has 88 valence electrons. The van der Waals surface area contributed by atoms with Crippen LogP contribution in [-0.2, 0) is 11.3 Å². The molecule has 4 heteroatoms. The predicted octanol–water partition coefficient (Wildman–Crippen LogP) is 1.71. The number of anilines is 1. The SMILES string of the molecule is CCn1ccnc1N1CCC(C(C)=O)CC1. The van der Waals surface area contributed by atoms with Crippen LogP contribution in [0, 0.1) is 5.92 Å². The van der Waals surface area contributed by atoms with Gasteiger partial charge in [-0.15, -0.1) is 0 Å². The molecule has 0 unspecified atom stereocenters. The van der Waals surface area contributed by atoms with Crippen molar-refractivity contribution in [1.82, 2.24) is 9.55 Å². The Morgan fingerprint density at radius 2 is 2.19 bits per heavy atom. The molecule has 0 radical (unpaired) electrons. The van der Waals surface area contributed by atoms with Gasteiger partial charge in [0, 0.05) is 37.9 Å². The molecule has 1 saturated heterocycles. The highest BCUT2D eigenvalue weighted by Crippen LogP contribution is 2.22. The second-order valence-electron chi connectivity index (χ2n) is 4.39. The van der Waals surface area contributed by atoms with Crippen LogP contribution in [0.3, 0.4) is 0 Å². The van der Waals surface area contributed by atoms with Crippen molar-refractivity contribution in [2.45, 2.75) is 33.2 Å². The first-order chi connectivity index (χ1) is 7.72. The van der Waals surface area contributed by atoms with Gasteiger partial charge in [0.05, 0.1) is 0 Å². The highest BCUT2D eigenvalue weighted by molar-refractivity contribution is 5.78. The largest absolute Gasteiger partial charge is 0.342 e. The molecule has 1 fully saturated rings. The van der Waals surface area contributed by atoms with E-state index in [0.29, 0.717) is 5.78 Å². The van der Waals surface area contributed by atoms with E-state index in [1.54, 1.807) is 6.92 Å². The Labute approximate surface area is 96.3 Å². The van der Waals surface area contributed by atoms with Crippen molar-refractivity contribution in [3.8, 4) is 0 Å². The number of carbonyl (C=O) groups excluding carboxylic acids is 1. The standard InChI is InChI=1S/C12H19N3O/c1-3-14-9-6-13-12(14)15-7-4-11(5-8-15)10(2)16/h6,9,11H,3-5,7-8H2,1-2H3. The van der Waals surface area contributed by atoms with Gasteiger partial charge in [-0.1, -0.05) is 0 Å². The summed E-state index contributed by atoms with van der Waals surface area (Å²) in [5.41, 5.74) is 0. The Bertz CT molecular complexity index is 364. The molecule has 0 spiro atoms. The summed E-state index contributed by atoms with van der Waals surface area (Å²) in [6.45, 7) is 6.66. The third kappa shape index (κ3) is 2.10. The number of nitrogens with zero attached hydrogens (tertiary/aromatic N) is 3. The van der Waals surface area contributed by atoms with E-state index in [-0.39, 0.29) is 5.92 Å². The number of aromatic nitrogens is 2. The molecular formula is C12H19N3O. The number of rotatable bonds is 3. The maximum absolute atomic E-state index is 11.3. The normalized spacial score (nSPS) is 17.8. The quantitative estimate of drug-likeness (QED) is 0.780. The van der Waals surface area contributed by atoms with Crippen molar-refractivity contribution in [3.05, 3.63) is 12.4 Å². The van der Waals surface area contributed by atoms with E-state index in [1.165, 1.54) is 0 Å². The second kappa shape index (κ2) is 4.68. The van der Waals surface area contributed by atoms with Crippen LogP contribution in [0.5, 0.6) is 0 Å². The fraction of sp³-hybridized carbons (Fsp3) is 0.667. The summed E-state index contributed by atoms with van der Waals surface area (Å²) in [5, 5.41) is 0. The van der Waals surface area contributed by atoms with Gasteiger partial charge in [0.25, 0.3) is 0 Å². The minimum atomic E-state index is 0.265. The van der Waals surface area contributed by atoms with Crippen molar-refractivity contribution >= 4 is 11.7 Å². The third-order valence-electron chi connectivity index (χ3n) is 3.39. The molecular weight excluding hydrogens is 202 g/mol. The van der Waals surface area contributed by atoms with E-state index in [4.69, 9.17) is 0 Å². The zero-order chi connectivity index (χ0) is 11.5. The van der Waals surface area contributed by atoms with Gasteiger partial charge in [0.15, 0.2) is 0 Å². The number of carbonyl (C=O) groups is 1. The van der Waals surface area contributed by atoms with Gasteiger partial charge in [0.1, 0.15) is 5.78 Å². The van der Waals surface area contributed by atoms with Gasteiger partial charge >= 0.3 is 0 Å². The van der Waals surface area contributed by atoms with E-state index in [2.05, 4.69) is 21.4 Å². The van der Waals surface area contributed by atoms with Gasteiger partial charge in [-0.2, -0.15) is 0 Å². The molecule has 0 N–H and O–H groups in total. The zero-order valence-electron chi connectivity index (χ0n) is 10.0. The van der Waals surface area contributed by atoms with Gasteiger partial charge in [0.2, 0.25) is 5.95 Å². The van der Waals surface area contributed by atoms with Crippen LogP contribution in [0.25, 0.3) is 0 Å². The lowest BCUT2D eigenvalue weighted by Gasteiger charge is -2.31. The average molecular weight is 221 g/mol. The third-order valence-corrected chi connectivity index (χ3v) is 3.39. The second-order valence-corrected chi connectivity index (χ2v) is 4.39. The minimum Gasteiger partial charge on any atom is -0.342 e. The Morgan fingerprint density at radius 1 is 1.50 bits per heavy atom. The Balaban J connectivity index is 2.01. The monoisotopic (exact) mass is 221 g/mol. The Kier molecular flexibility index (Phi) is 3.27. The summed E-state index contributed by atoms with van der Waals surface area (Å²) in [4.78, 5) is 17.9. The van der Waals surface area contributed by atoms with Crippen molar-refractivity contribution in [2.24, 2.45) is 5.92 Å². The van der Waals surface area contributed by atoms with E-state index in [0.717, 1.165) is 38.4 Å². The van der Waals surface area contributed by atoms with Gasteiger partial charge in [-0.05, 0) is 26.7 Å². The molecule has 4 nitrogen and oxygen atoms in total. The fourth-order valence-corrected chi connectivity index (χ4v) is 2.32. The summed E-state index contributed by atoms with van der Waals surface area (Å²) in [6, 6.07) is 0. The molecule has 0 saturated carbocycles. The number of piperidine rings is 1. The van der Waals surface area contributed by atoms with Gasteiger partial charge in [-0.3, -0.25) is 4.79 Å². The van der Waals surface area contributed by atoms with Crippen molar-refractivity contribution < 1.29 is 4.79 Å². The van der Waals surface area contributed by atoms with Gasteiger partial charge in [-0.25, -0.2) is 4.98 Å². The van der Waals surface area contributed by atoms with Crippen molar-refractivity contribution in [1.29, 1.82) is 0 Å². The maximum atomic E-state index is 11.3. The molecule has 0 aromatic carbocycles. The number of Topliss-reactive ketones (excluding diaryl/α,β-unsaturated/α-hetero) is 1. The molecule has 16 heavy (non-hydrogen) atoms. The zero-order valence-corrected chi connectivity index (χ0v) is 10.0. The van der Waals surface area contributed by atoms with Crippen LogP contribution in [0.1, 0.15) is 26.7 Å². The van der Waals surface area contributed by atoms with Crippen LogP contribution in [0.4, 0.5) is 5.95 Å². The van der Waals surface area contributed by atoms with Crippen molar-refractivity contribution in [3.63, 3.8) is 0 Å². The molecule has 2 rings (SSSR count). The molecule has 1 aromatic rings. The maximum Gasteiger partial charge on any atom is 0.205 e. The molecule has 0 amide bonds. The number of aryl methyl sites for hydroxylation is 1. The highest BCUT2D eigenvalue weighted by Gasteiger charge is 2.24. The molecule has 0 atom stereocenters. The van der Waals surface area contributed by atoms with Crippen LogP contribution in [-0.4, -0.2) is 28.4 Å². The van der Waals surface area contributed by atoms with E-state index in [9.17, 15) is 4.79 Å². The van der Waals surface area contributed by atoms with Gasteiger partial charge < -0.3 is 9.47 Å².